The highest BCUT2D eigenvalue weighted by Gasteiger charge is 2.23. The van der Waals surface area contributed by atoms with Gasteiger partial charge in [-0.1, -0.05) is 24.6 Å². The van der Waals surface area contributed by atoms with Gasteiger partial charge in [-0.3, -0.25) is 4.90 Å². The molecule has 1 fully saturated rings. The molecule has 0 saturated carbocycles. The predicted octanol–water partition coefficient (Wildman–Crippen LogP) is 3.18. The Morgan fingerprint density at radius 2 is 2.15 bits per heavy atom. The summed E-state index contributed by atoms with van der Waals surface area (Å²) in [6.07, 6.45) is 5.11. The van der Waals surface area contributed by atoms with Crippen LogP contribution in [0, 0.1) is 6.92 Å². The molecular formula is C17H25N3. The van der Waals surface area contributed by atoms with Crippen LogP contribution in [0.3, 0.4) is 0 Å². The highest BCUT2D eigenvalue weighted by atomic mass is 15.2. The minimum atomic E-state index is 0.668. The Hall–Kier alpha value is -1.32. The largest absolute Gasteiger partial charge is 0.358 e. The molecule has 3 N–H and O–H groups in total. The Morgan fingerprint density at radius 3 is 3.00 bits per heavy atom. The molecule has 1 aliphatic heterocycles. The lowest BCUT2D eigenvalue weighted by molar-refractivity contribution is 0.134. The maximum absolute atomic E-state index is 5.78. The third-order valence-corrected chi connectivity index (χ3v) is 4.64. The number of nitrogens with one attached hydrogen (secondary N) is 1. The zero-order chi connectivity index (χ0) is 13.9. The number of hydrogen-bond acceptors (Lipinski definition) is 2. The summed E-state index contributed by atoms with van der Waals surface area (Å²) in [6.45, 7) is 5.26. The highest BCUT2D eigenvalue weighted by Crippen LogP contribution is 2.27. The maximum Gasteiger partial charge on any atom is 0.0459 e. The molecule has 2 heterocycles. The molecule has 2 aromatic rings. The van der Waals surface area contributed by atoms with Gasteiger partial charge in [0.2, 0.25) is 0 Å². The number of rotatable bonds is 4. The van der Waals surface area contributed by atoms with Crippen LogP contribution >= 0.6 is 0 Å². The van der Waals surface area contributed by atoms with E-state index in [9.17, 15) is 0 Å². The molecular weight excluding hydrogens is 246 g/mol. The van der Waals surface area contributed by atoms with Gasteiger partial charge in [0, 0.05) is 29.2 Å². The summed E-state index contributed by atoms with van der Waals surface area (Å²) in [5.41, 5.74) is 9.81. The molecule has 0 spiro atoms. The number of nitrogens with two attached hydrogens (primary N) is 1. The maximum atomic E-state index is 5.78. The van der Waals surface area contributed by atoms with Crippen LogP contribution in [-0.2, 0) is 6.54 Å². The Labute approximate surface area is 121 Å². The van der Waals surface area contributed by atoms with Crippen molar-refractivity contribution >= 4 is 10.9 Å². The first kappa shape index (κ1) is 13.7. The number of para-hydroxylation sites is 1. The normalized spacial score (nSPS) is 20.6. The average Bonchev–Trinajstić information content (AvgIpc) is 2.78. The topological polar surface area (TPSA) is 45.0 Å². The number of aromatic amines is 1. The zero-order valence-corrected chi connectivity index (χ0v) is 12.4. The minimum Gasteiger partial charge on any atom is -0.358 e. The Balaban J connectivity index is 1.86. The number of likely N-dealkylation sites (tertiary alicyclic amines) is 1. The number of fused-ring (bicyclic) bond motifs is 1. The van der Waals surface area contributed by atoms with Gasteiger partial charge in [-0.2, -0.15) is 0 Å². The minimum absolute atomic E-state index is 0.668. The van der Waals surface area contributed by atoms with Crippen molar-refractivity contribution in [3.8, 4) is 0 Å². The number of benzene rings is 1. The molecule has 3 heteroatoms. The van der Waals surface area contributed by atoms with Gasteiger partial charge in [-0.25, -0.2) is 0 Å². The van der Waals surface area contributed by atoms with E-state index in [2.05, 4.69) is 41.1 Å². The van der Waals surface area contributed by atoms with Crippen molar-refractivity contribution in [1.82, 2.24) is 9.88 Å². The molecule has 3 rings (SSSR count). The van der Waals surface area contributed by atoms with E-state index in [1.807, 2.05) is 0 Å². The van der Waals surface area contributed by atoms with Gasteiger partial charge in [0.15, 0.2) is 0 Å². The summed E-state index contributed by atoms with van der Waals surface area (Å²) >= 11 is 0. The summed E-state index contributed by atoms with van der Waals surface area (Å²) in [6, 6.07) is 9.30. The van der Waals surface area contributed by atoms with Crippen LogP contribution < -0.4 is 5.73 Å². The number of aromatic nitrogens is 1. The molecule has 0 amide bonds. The Morgan fingerprint density at radius 1 is 1.30 bits per heavy atom. The number of hydrogen-bond donors (Lipinski definition) is 2. The van der Waals surface area contributed by atoms with E-state index in [0.29, 0.717) is 6.04 Å². The second kappa shape index (κ2) is 5.98. The second-order valence-corrected chi connectivity index (χ2v) is 5.97. The summed E-state index contributed by atoms with van der Waals surface area (Å²) in [4.78, 5) is 6.15. The third-order valence-electron chi connectivity index (χ3n) is 4.64. The summed E-state index contributed by atoms with van der Waals surface area (Å²) in [7, 11) is 0. The lowest BCUT2D eigenvalue weighted by Crippen LogP contribution is -2.40. The standard InChI is InChI=1S/C17H25N3/c1-13-16(15-7-2-3-8-17(15)19-13)12-20-11-5-4-6-14(20)9-10-18/h2-3,7-8,14,19H,4-6,9-12,18H2,1H3. The summed E-state index contributed by atoms with van der Waals surface area (Å²) < 4.78 is 0. The van der Waals surface area contributed by atoms with Gasteiger partial charge in [0.25, 0.3) is 0 Å². The second-order valence-electron chi connectivity index (χ2n) is 5.97. The van der Waals surface area contributed by atoms with Crippen molar-refractivity contribution in [1.29, 1.82) is 0 Å². The smallest absolute Gasteiger partial charge is 0.0459 e. The van der Waals surface area contributed by atoms with Gasteiger partial charge in [-0.15, -0.1) is 0 Å². The highest BCUT2D eigenvalue weighted by molar-refractivity contribution is 5.84. The molecule has 108 valence electrons. The van der Waals surface area contributed by atoms with E-state index in [4.69, 9.17) is 5.73 Å². The molecule has 1 aromatic carbocycles. The van der Waals surface area contributed by atoms with E-state index >= 15 is 0 Å². The Bertz CT molecular complexity index is 571. The zero-order valence-electron chi connectivity index (χ0n) is 12.4. The number of piperidine rings is 1. The van der Waals surface area contributed by atoms with Gasteiger partial charge in [-0.05, 0) is 50.9 Å². The molecule has 1 unspecified atom stereocenters. The van der Waals surface area contributed by atoms with Gasteiger partial charge in [0.1, 0.15) is 0 Å². The van der Waals surface area contributed by atoms with Crippen molar-refractivity contribution in [2.45, 2.75) is 45.2 Å². The van der Waals surface area contributed by atoms with E-state index in [1.54, 1.807) is 0 Å². The van der Waals surface area contributed by atoms with Gasteiger partial charge < -0.3 is 10.7 Å². The lowest BCUT2D eigenvalue weighted by atomic mass is 9.98. The molecule has 20 heavy (non-hydrogen) atoms. The van der Waals surface area contributed by atoms with E-state index in [-0.39, 0.29) is 0 Å². The molecule has 1 aromatic heterocycles. The molecule has 0 aliphatic carbocycles. The molecule has 0 bridgehead atoms. The van der Waals surface area contributed by atoms with Gasteiger partial charge >= 0.3 is 0 Å². The molecule has 0 radical (unpaired) electrons. The quantitative estimate of drug-likeness (QED) is 0.897. The van der Waals surface area contributed by atoms with Crippen molar-refractivity contribution in [2.24, 2.45) is 5.73 Å². The molecule has 1 saturated heterocycles. The third kappa shape index (κ3) is 2.60. The van der Waals surface area contributed by atoms with Crippen LogP contribution in [-0.4, -0.2) is 29.0 Å². The fourth-order valence-corrected chi connectivity index (χ4v) is 3.53. The Kier molecular flexibility index (Phi) is 4.08. The number of aryl methyl sites for hydroxylation is 1. The first-order chi connectivity index (χ1) is 9.79. The molecule has 1 atom stereocenters. The predicted molar refractivity (Wildman–Crippen MR) is 84.8 cm³/mol. The van der Waals surface area contributed by atoms with Crippen LogP contribution in [0.15, 0.2) is 24.3 Å². The van der Waals surface area contributed by atoms with E-state index in [1.165, 1.54) is 48.0 Å². The number of nitrogens with zero attached hydrogens (tertiary/aromatic N) is 1. The lowest BCUT2D eigenvalue weighted by Gasteiger charge is -2.35. The first-order valence-electron chi connectivity index (χ1n) is 7.80. The van der Waals surface area contributed by atoms with Gasteiger partial charge in [0.05, 0.1) is 0 Å². The van der Waals surface area contributed by atoms with E-state index in [0.717, 1.165) is 19.5 Å². The summed E-state index contributed by atoms with van der Waals surface area (Å²) in [5.74, 6) is 0. The first-order valence-corrected chi connectivity index (χ1v) is 7.80. The van der Waals surface area contributed by atoms with Crippen LogP contribution in [0.4, 0.5) is 0 Å². The fourth-order valence-electron chi connectivity index (χ4n) is 3.53. The van der Waals surface area contributed by atoms with Crippen LogP contribution in [0.5, 0.6) is 0 Å². The summed E-state index contributed by atoms with van der Waals surface area (Å²) in [5, 5.41) is 1.38. The van der Waals surface area contributed by atoms with Crippen molar-refractivity contribution < 1.29 is 0 Å². The fraction of sp³-hybridized carbons (Fsp3) is 0.529. The van der Waals surface area contributed by atoms with Crippen LogP contribution in [0.25, 0.3) is 10.9 Å². The van der Waals surface area contributed by atoms with Crippen LogP contribution in [0.2, 0.25) is 0 Å². The van der Waals surface area contributed by atoms with Crippen molar-refractivity contribution in [3.05, 3.63) is 35.5 Å². The number of H-pyrrole nitrogens is 1. The van der Waals surface area contributed by atoms with E-state index < -0.39 is 0 Å². The van der Waals surface area contributed by atoms with Crippen molar-refractivity contribution in [3.63, 3.8) is 0 Å². The monoisotopic (exact) mass is 271 g/mol. The van der Waals surface area contributed by atoms with Crippen molar-refractivity contribution in [2.75, 3.05) is 13.1 Å². The molecule has 3 nitrogen and oxygen atoms in total. The SMILES string of the molecule is Cc1[nH]c2ccccc2c1CN1CCCCC1CCN. The molecule has 1 aliphatic rings. The van der Waals surface area contributed by atoms with Crippen LogP contribution in [0.1, 0.15) is 36.9 Å². The average molecular weight is 271 g/mol.